The van der Waals surface area contributed by atoms with Crippen molar-refractivity contribution in [3.63, 3.8) is 0 Å². The number of carbonyl (C=O) groups is 1. The maximum Gasteiger partial charge on any atom is 0.287 e. The van der Waals surface area contributed by atoms with E-state index in [4.69, 9.17) is 27.9 Å². The summed E-state index contributed by atoms with van der Waals surface area (Å²) < 4.78 is 34.6. The Labute approximate surface area is 213 Å². The van der Waals surface area contributed by atoms with Crippen molar-refractivity contribution in [1.82, 2.24) is 14.5 Å². The number of aromatic nitrogens is 2. The molecule has 1 aromatic heterocycles. The van der Waals surface area contributed by atoms with Crippen LogP contribution in [0.25, 0.3) is 0 Å². The first kappa shape index (κ1) is 26.7. The number of ether oxygens (including phenoxy) is 1. The highest BCUT2D eigenvalue weighted by atomic mass is 35.5. The Hall–Kier alpha value is -2.92. The summed E-state index contributed by atoms with van der Waals surface area (Å²) in [6, 6.07) is 10.9. The third-order valence-corrected chi connectivity index (χ3v) is 7.58. The standard InChI is InChI=1S/C23H24Cl2N4O5S/c1-14-7-8-17(28-22(30)15(2)29-23(31)21(25)19(24)13-26-29)12-20(14)35(32,33)27-10-9-16-5-4-6-18(11-16)34-3/h4-8,11-13,15,27H,9-10H2,1-3H3,(H,28,30)/t15-/m1/s1. The largest absolute Gasteiger partial charge is 0.497 e. The normalized spacial score (nSPS) is 12.3. The van der Waals surface area contributed by atoms with Gasteiger partial charge >= 0.3 is 0 Å². The smallest absolute Gasteiger partial charge is 0.287 e. The summed E-state index contributed by atoms with van der Waals surface area (Å²) in [5.74, 6) is 0.105. The molecular formula is C23H24Cl2N4O5S. The van der Waals surface area contributed by atoms with E-state index in [1.807, 2.05) is 24.3 Å². The van der Waals surface area contributed by atoms with E-state index >= 15 is 0 Å². The summed E-state index contributed by atoms with van der Waals surface area (Å²) in [6.45, 7) is 3.29. The topological polar surface area (TPSA) is 119 Å². The summed E-state index contributed by atoms with van der Waals surface area (Å²) >= 11 is 11.6. The zero-order valence-corrected chi connectivity index (χ0v) is 21.5. The number of sulfonamides is 1. The second-order valence-corrected chi connectivity index (χ2v) is 10.2. The molecule has 3 aromatic rings. The van der Waals surface area contributed by atoms with E-state index in [0.29, 0.717) is 17.7 Å². The maximum absolute atomic E-state index is 12.9. The molecule has 0 aliphatic rings. The second-order valence-electron chi connectivity index (χ2n) is 7.70. The Kier molecular flexibility index (Phi) is 8.55. The van der Waals surface area contributed by atoms with Gasteiger partial charge in [-0.15, -0.1) is 0 Å². The molecule has 0 fully saturated rings. The van der Waals surface area contributed by atoms with Crippen molar-refractivity contribution in [1.29, 1.82) is 0 Å². The summed E-state index contributed by atoms with van der Waals surface area (Å²) in [5, 5.41) is 6.20. The monoisotopic (exact) mass is 538 g/mol. The minimum absolute atomic E-state index is 0.0205. The lowest BCUT2D eigenvalue weighted by Crippen LogP contribution is -2.33. The minimum atomic E-state index is -3.86. The molecule has 186 valence electrons. The van der Waals surface area contributed by atoms with Gasteiger partial charge in [0.1, 0.15) is 16.8 Å². The lowest BCUT2D eigenvalue weighted by molar-refractivity contribution is -0.119. The SMILES string of the molecule is COc1cccc(CCNS(=O)(=O)c2cc(NC(=O)[C@@H](C)n3ncc(Cl)c(Cl)c3=O)ccc2C)c1. The first-order valence-corrected chi connectivity index (χ1v) is 12.7. The molecule has 0 saturated carbocycles. The molecule has 2 aromatic carbocycles. The first-order chi connectivity index (χ1) is 16.5. The van der Waals surface area contributed by atoms with Crippen molar-refractivity contribution in [2.75, 3.05) is 19.0 Å². The number of benzene rings is 2. The van der Waals surface area contributed by atoms with Gasteiger partial charge in [-0.05, 0) is 55.7 Å². The fourth-order valence-electron chi connectivity index (χ4n) is 3.26. The molecule has 1 amide bonds. The number of nitrogens with zero attached hydrogens (tertiary/aromatic N) is 2. The van der Waals surface area contributed by atoms with Gasteiger partial charge in [0, 0.05) is 12.2 Å². The Bertz CT molecular complexity index is 1410. The molecule has 1 heterocycles. The van der Waals surface area contributed by atoms with E-state index in [2.05, 4.69) is 15.1 Å². The average molecular weight is 539 g/mol. The Morgan fingerprint density at radius 2 is 1.94 bits per heavy atom. The van der Waals surface area contributed by atoms with Crippen LogP contribution < -0.4 is 20.3 Å². The summed E-state index contributed by atoms with van der Waals surface area (Å²) in [6.07, 6.45) is 1.64. The van der Waals surface area contributed by atoms with Crippen molar-refractivity contribution in [3.05, 3.63) is 80.2 Å². The number of nitrogens with one attached hydrogen (secondary N) is 2. The fourth-order valence-corrected chi connectivity index (χ4v) is 4.82. The van der Waals surface area contributed by atoms with Crippen molar-refractivity contribution >= 4 is 44.8 Å². The van der Waals surface area contributed by atoms with Gasteiger partial charge in [-0.25, -0.2) is 17.8 Å². The Balaban J connectivity index is 1.73. The summed E-state index contributed by atoms with van der Waals surface area (Å²) in [5.41, 5.74) is 0.959. The minimum Gasteiger partial charge on any atom is -0.497 e. The van der Waals surface area contributed by atoms with Crippen LogP contribution in [-0.2, 0) is 21.2 Å². The molecule has 0 aliphatic heterocycles. The number of carbonyl (C=O) groups excluding carboxylic acids is 1. The van der Waals surface area contributed by atoms with Gasteiger partial charge in [0.25, 0.3) is 5.56 Å². The second kappa shape index (κ2) is 11.2. The van der Waals surface area contributed by atoms with Crippen molar-refractivity contribution in [2.45, 2.75) is 31.2 Å². The lowest BCUT2D eigenvalue weighted by atomic mass is 10.1. The number of hydrogen-bond donors (Lipinski definition) is 2. The van der Waals surface area contributed by atoms with E-state index in [9.17, 15) is 18.0 Å². The van der Waals surface area contributed by atoms with Crippen LogP contribution >= 0.6 is 23.2 Å². The highest BCUT2D eigenvalue weighted by molar-refractivity contribution is 7.89. The first-order valence-electron chi connectivity index (χ1n) is 10.5. The van der Waals surface area contributed by atoms with E-state index < -0.39 is 27.5 Å². The van der Waals surface area contributed by atoms with Crippen LogP contribution in [0.15, 0.2) is 58.4 Å². The van der Waals surface area contributed by atoms with E-state index in [1.54, 1.807) is 26.2 Å². The van der Waals surface area contributed by atoms with Crippen molar-refractivity contribution in [2.24, 2.45) is 0 Å². The molecule has 0 radical (unpaired) electrons. The zero-order chi connectivity index (χ0) is 25.8. The van der Waals surface area contributed by atoms with Gasteiger partial charge < -0.3 is 10.1 Å². The number of hydrogen-bond acceptors (Lipinski definition) is 6. The third-order valence-electron chi connectivity index (χ3n) is 5.23. The van der Waals surface area contributed by atoms with Gasteiger partial charge in [0.15, 0.2) is 0 Å². The van der Waals surface area contributed by atoms with Crippen molar-refractivity contribution in [3.8, 4) is 5.75 Å². The maximum atomic E-state index is 12.9. The van der Waals surface area contributed by atoms with Crippen LogP contribution in [-0.4, -0.2) is 37.8 Å². The molecule has 0 spiro atoms. The van der Waals surface area contributed by atoms with Gasteiger partial charge in [-0.2, -0.15) is 5.10 Å². The predicted molar refractivity (Wildman–Crippen MR) is 135 cm³/mol. The lowest BCUT2D eigenvalue weighted by Gasteiger charge is -2.16. The molecule has 35 heavy (non-hydrogen) atoms. The Morgan fingerprint density at radius 1 is 1.20 bits per heavy atom. The van der Waals surface area contributed by atoms with E-state index in [0.717, 1.165) is 10.2 Å². The molecule has 0 saturated heterocycles. The van der Waals surface area contributed by atoms with Crippen LogP contribution in [0.1, 0.15) is 24.1 Å². The Morgan fingerprint density at radius 3 is 2.66 bits per heavy atom. The summed E-state index contributed by atoms with van der Waals surface area (Å²) in [4.78, 5) is 25.0. The molecule has 9 nitrogen and oxygen atoms in total. The van der Waals surface area contributed by atoms with Crippen LogP contribution in [0.3, 0.4) is 0 Å². The average Bonchev–Trinajstić information content (AvgIpc) is 2.83. The molecule has 1 atom stereocenters. The fraction of sp³-hybridized carbons (Fsp3) is 0.261. The van der Waals surface area contributed by atoms with Crippen molar-refractivity contribution < 1.29 is 17.9 Å². The van der Waals surface area contributed by atoms with Crippen LogP contribution in [0, 0.1) is 6.92 Å². The van der Waals surface area contributed by atoms with E-state index in [-0.39, 0.29) is 27.2 Å². The van der Waals surface area contributed by atoms with Gasteiger partial charge in [-0.1, -0.05) is 41.4 Å². The molecule has 0 unspecified atom stereocenters. The van der Waals surface area contributed by atoms with Gasteiger partial charge in [0.05, 0.1) is 23.2 Å². The number of aryl methyl sites for hydroxylation is 1. The number of halogens is 2. The molecule has 0 bridgehead atoms. The van der Waals surface area contributed by atoms with Crippen LogP contribution in [0.2, 0.25) is 10.0 Å². The highest BCUT2D eigenvalue weighted by Crippen LogP contribution is 2.22. The number of amides is 1. The predicted octanol–water partition coefficient (Wildman–Crippen LogP) is 3.59. The zero-order valence-electron chi connectivity index (χ0n) is 19.2. The molecule has 3 rings (SSSR count). The number of rotatable bonds is 9. The quantitative estimate of drug-likeness (QED) is 0.429. The third kappa shape index (κ3) is 6.40. The molecule has 12 heteroatoms. The van der Waals surface area contributed by atoms with Gasteiger partial charge in [0.2, 0.25) is 15.9 Å². The molecular weight excluding hydrogens is 515 g/mol. The van der Waals surface area contributed by atoms with Gasteiger partial charge in [-0.3, -0.25) is 9.59 Å². The van der Waals surface area contributed by atoms with E-state index in [1.165, 1.54) is 19.2 Å². The molecule has 0 aliphatic carbocycles. The van der Waals surface area contributed by atoms with Crippen LogP contribution in [0.4, 0.5) is 5.69 Å². The van der Waals surface area contributed by atoms with Crippen LogP contribution in [0.5, 0.6) is 5.75 Å². The molecule has 2 N–H and O–H groups in total. The number of methoxy groups -OCH3 is 1. The summed E-state index contributed by atoms with van der Waals surface area (Å²) in [7, 11) is -2.29. The highest BCUT2D eigenvalue weighted by Gasteiger charge is 2.22. The number of anilines is 1.